The van der Waals surface area contributed by atoms with E-state index in [1.807, 2.05) is 18.5 Å². The Morgan fingerprint density at radius 1 is 1.30 bits per heavy atom. The zero-order chi connectivity index (χ0) is 17.8. The highest BCUT2D eigenvalue weighted by Gasteiger charge is 2.22. The van der Waals surface area contributed by atoms with Gasteiger partial charge in [0.25, 0.3) is 0 Å². The minimum atomic E-state index is -0.361. The number of nitrogens with zero attached hydrogens (tertiary/aromatic N) is 2. The molecule has 2 N–H and O–H groups in total. The average Bonchev–Trinajstić information content (AvgIpc) is 2.62. The summed E-state index contributed by atoms with van der Waals surface area (Å²) in [6.07, 6.45) is 0.665. The maximum atomic E-state index is 12.3. The van der Waals surface area contributed by atoms with Gasteiger partial charge in [0.05, 0.1) is 18.2 Å². The van der Waals surface area contributed by atoms with Gasteiger partial charge in [-0.3, -0.25) is 9.48 Å². The first-order chi connectivity index (χ1) is 10.5. The number of aryl methyl sites for hydroxylation is 1. The molecule has 0 bridgehead atoms. The fourth-order valence-electron chi connectivity index (χ4n) is 2.95. The van der Waals surface area contributed by atoms with E-state index in [1.165, 1.54) is 0 Å². The Kier molecular flexibility index (Phi) is 6.81. The van der Waals surface area contributed by atoms with Gasteiger partial charge in [-0.05, 0) is 38.5 Å². The van der Waals surface area contributed by atoms with Crippen LogP contribution in [0, 0.1) is 25.2 Å². The van der Waals surface area contributed by atoms with E-state index in [-0.39, 0.29) is 17.4 Å². The summed E-state index contributed by atoms with van der Waals surface area (Å²) in [5.41, 5.74) is 2.92. The van der Waals surface area contributed by atoms with Crippen molar-refractivity contribution in [3.05, 3.63) is 17.0 Å². The summed E-state index contributed by atoms with van der Waals surface area (Å²) in [5, 5.41) is 17.1. The Hall–Kier alpha value is -1.36. The van der Waals surface area contributed by atoms with E-state index in [4.69, 9.17) is 0 Å². The van der Waals surface area contributed by atoms with Gasteiger partial charge in [0.15, 0.2) is 0 Å². The summed E-state index contributed by atoms with van der Waals surface area (Å²) in [7, 11) is 0. The standard InChI is InChI=1S/C18H33N3O2/c1-12(2)10-21-15(5)16(14(4)20-21)8-17(23)19-11-18(6,7)9-13(3)22/h12-13,22H,8-11H2,1-7H3,(H,19,23). The maximum Gasteiger partial charge on any atom is 0.224 e. The number of hydrogen-bond donors (Lipinski definition) is 2. The van der Waals surface area contributed by atoms with E-state index in [0.717, 1.165) is 23.5 Å². The number of carbonyl (C=O) groups excluding carboxylic acids is 1. The van der Waals surface area contributed by atoms with Gasteiger partial charge in [0.2, 0.25) is 5.91 Å². The van der Waals surface area contributed by atoms with E-state index in [2.05, 4.69) is 38.1 Å². The molecule has 1 aromatic heterocycles. The third-order valence-electron chi connectivity index (χ3n) is 4.02. The van der Waals surface area contributed by atoms with Gasteiger partial charge in [0.1, 0.15) is 0 Å². The van der Waals surface area contributed by atoms with Crippen molar-refractivity contribution >= 4 is 5.91 Å². The number of carbonyl (C=O) groups is 1. The molecule has 5 nitrogen and oxygen atoms in total. The number of nitrogens with one attached hydrogen (secondary N) is 1. The zero-order valence-corrected chi connectivity index (χ0v) is 15.7. The van der Waals surface area contributed by atoms with Crippen molar-refractivity contribution < 1.29 is 9.90 Å². The quantitative estimate of drug-likeness (QED) is 0.773. The van der Waals surface area contributed by atoms with Gasteiger partial charge >= 0.3 is 0 Å². The molecule has 0 aliphatic carbocycles. The van der Waals surface area contributed by atoms with Crippen molar-refractivity contribution in [3.63, 3.8) is 0 Å². The molecule has 5 heteroatoms. The Balaban J connectivity index is 2.66. The third-order valence-corrected chi connectivity index (χ3v) is 4.02. The number of hydrogen-bond acceptors (Lipinski definition) is 3. The van der Waals surface area contributed by atoms with Gasteiger partial charge < -0.3 is 10.4 Å². The maximum absolute atomic E-state index is 12.3. The molecular weight excluding hydrogens is 290 g/mol. The number of aliphatic hydroxyl groups excluding tert-OH is 1. The highest BCUT2D eigenvalue weighted by atomic mass is 16.3. The molecule has 1 rings (SSSR count). The first kappa shape index (κ1) is 19.7. The minimum Gasteiger partial charge on any atom is -0.393 e. The van der Waals surface area contributed by atoms with E-state index in [0.29, 0.717) is 25.3 Å². The molecular formula is C18H33N3O2. The van der Waals surface area contributed by atoms with Gasteiger partial charge in [-0.2, -0.15) is 5.10 Å². The second kappa shape index (κ2) is 7.95. The van der Waals surface area contributed by atoms with Gasteiger partial charge in [-0.1, -0.05) is 27.7 Å². The molecule has 0 aromatic carbocycles. The van der Waals surface area contributed by atoms with E-state index >= 15 is 0 Å². The van der Waals surface area contributed by atoms with Crippen LogP contribution < -0.4 is 5.32 Å². The second-order valence-electron chi connectivity index (χ2n) is 7.90. The Morgan fingerprint density at radius 2 is 1.91 bits per heavy atom. The molecule has 23 heavy (non-hydrogen) atoms. The number of aromatic nitrogens is 2. The van der Waals surface area contributed by atoms with E-state index in [1.54, 1.807) is 6.92 Å². The minimum absolute atomic E-state index is 0.0129. The van der Waals surface area contributed by atoms with Gasteiger partial charge in [0, 0.05) is 24.3 Å². The van der Waals surface area contributed by atoms with Crippen molar-refractivity contribution in [2.24, 2.45) is 11.3 Å². The summed E-state index contributed by atoms with van der Waals surface area (Å²) < 4.78 is 2.00. The zero-order valence-electron chi connectivity index (χ0n) is 15.7. The fourth-order valence-corrected chi connectivity index (χ4v) is 2.95. The summed E-state index contributed by atoms with van der Waals surface area (Å²) in [5.74, 6) is 0.537. The summed E-state index contributed by atoms with van der Waals surface area (Å²) in [4.78, 5) is 12.3. The predicted octanol–water partition coefficient (Wildman–Crippen LogP) is 2.61. The van der Waals surface area contributed by atoms with Crippen LogP contribution >= 0.6 is 0 Å². The monoisotopic (exact) mass is 323 g/mol. The second-order valence-corrected chi connectivity index (χ2v) is 7.90. The molecule has 1 atom stereocenters. The lowest BCUT2D eigenvalue weighted by Gasteiger charge is -2.26. The van der Waals surface area contributed by atoms with Crippen LogP contribution in [-0.2, 0) is 17.8 Å². The summed E-state index contributed by atoms with van der Waals surface area (Å²) in [6.45, 7) is 15.6. The lowest BCUT2D eigenvalue weighted by atomic mass is 9.87. The largest absolute Gasteiger partial charge is 0.393 e. The van der Waals surface area contributed by atoms with Crippen LogP contribution in [0.5, 0.6) is 0 Å². The van der Waals surface area contributed by atoms with Gasteiger partial charge in [-0.15, -0.1) is 0 Å². The molecule has 0 saturated carbocycles. The van der Waals surface area contributed by atoms with Crippen LogP contribution in [0.25, 0.3) is 0 Å². The number of rotatable bonds is 8. The van der Waals surface area contributed by atoms with Gasteiger partial charge in [-0.25, -0.2) is 0 Å². The molecule has 1 aromatic rings. The van der Waals surface area contributed by atoms with Crippen LogP contribution in [0.4, 0.5) is 0 Å². The lowest BCUT2D eigenvalue weighted by Crippen LogP contribution is -2.36. The average molecular weight is 323 g/mol. The fraction of sp³-hybridized carbons (Fsp3) is 0.778. The molecule has 0 aliphatic heterocycles. The lowest BCUT2D eigenvalue weighted by molar-refractivity contribution is -0.121. The molecule has 0 saturated heterocycles. The first-order valence-electron chi connectivity index (χ1n) is 8.49. The predicted molar refractivity (Wildman–Crippen MR) is 93.3 cm³/mol. The van der Waals surface area contributed by atoms with Crippen molar-refractivity contribution in [3.8, 4) is 0 Å². The number of amides is 1. The van der Waals surface area contributed by atoms with Crippen molar-refractivity contribution in [1.29, 1.82) is 0 Å². The van der Waals surface area contributed by atoms with E-state index in [9.17, 15) is 9.90 Å². The molecule has 1 amide bonds. The smallest absolute Gasteiger partial charge is 0.224 e. The van der Waals surface area contributed by atoms with Crippen molar-refractivity contribution in [2.45, 2.75) is 74.0 Å². The Labute approximate surface area is 140 Å². The Morgan fingerprint density at radius 3 is 2.43 bits per heavy atom. The molecule has 1 heterocycles. The normalized spacial score (nSPS) is 13.4. The highest BCUT2D eigenvalue weighted by Crippen LogP contribution is 2.21. The molecule has 0 radical (unpaired) electrons. The molecule has 0 aliphatic rings. The van der Waals surface area contributed by atoms with Crippen molar-refractivity contribution in [1.82, 2.24) is 15.1 Å². The first-order valence-corrected chi connectivity index (χ1v) is 8.49. The van der Waals surface area contributed by atoms with Crippen LogP contribution in [0.2, 0.25) is 0 Å². The van der Waals surface area contributed by atoms with Crippen molar-refractivity contribution in [2.75, 3.05) is 6.54 Å². The molecule has 0 fully saturated rings. The van der Waals surface area contributed by atoms with Crippen LogP contribution in [0.1, 0.15) is 58.0 Å². The SMILES string of the molecule is Cc1nn(CC(C)C)c(C)c1CC(=O)NCC(C)(C)CC(C)O. The van der Waals surface area contributed by atoms with Crippen LogP contribution in [0.3, 0.4) is 0 Å². The van der Waals surface area contributed by atoms with E-state index < -0.39 is 0 Å². The Bertz CT molecular complexity index is 531. The topological polar surface area (TPSA) is 67.2 Å². The third kappa shape index (κ3) is 6.34. The number of aliphatic hydroxyl groups is 1. The molecule has 132 valence electrons. The van der Waals surface area contributed by atoms with Crippen LogP contribution in [-0.4, -0.2) is 33.4 Å². The molecule has 0 spiro atoms. The van der Waals surface area contributed by atoms with Crippen LogP contribution in [0.15, 0.2) is 0 Å². The summed E-state index contributed by atoms with van der Waals surface area (Å²) in [6, 6.07) is 0. The highest BCUT2D eigenvalue weighted by molar-refractivity contribution is 5.79. The molecule has 1 unspecified atom stereocenters. The summed E-state index contributed by atoms with van der Waals surface area (Å²) >= 11 is 0.